The zero-order valence-electron chi connectivity index (χ0n) is 18.9. The first-order valence-corrected chi connectivity index (χ1v) is 11.1. The normalized spacial score (nSPS) is 12.6. The number of rotatable bonds is 11. The Balaban J connectivity index is 1.93. The van der Waals surface area contributed by atoms with Crippen LogP contribution in [-0.4, -0.2) is 21.3 Å². The maximum Gasteiger partial charge on any atom is 0.161 e. The van der Waals surface area contributed by atoms with Crippen LogP contribution in [0.1, 0.15) is 35.2 Å². The predicted octanol–water partition coefficient (Wildman–Crippen LogP) is 6.10. The highest BCUT2D eigenvalue weighted by molar-refractivity contribution is 6.30. The van der Waals surface area contributed by atoms with Gasteiger partial charge in [0.2, 0.25) is 0 Å². The number of aryl methyl sites for hydroxylation is 1. The molecule has 0 fully saturated rings. The smallest absolute Gasteiger partial charge is 0.161 e. The number of ether oxygens (including phenoxy) is 2. The number of benzene rings is 3. The number of halogens is 1. The predicted molar refractivity (Wildman–Crippen MR) is 133 cm³/mol. The van der Waals surface area contributed by atoms with Crippen molar-refractivity contribution in [1.29, 1.82) is 0 Å². The molecule has 2 atom stereocenters. The molecule has 0 unspecified atom stereocenters. The van der Waals surface area contributed by atoms with Crippen LogP contribution in [-0.2, 0) is 6.42 Å². The Kier molecular flexibility index (Phi) is 8.60. The molecule has 0 spiro atoms. The van der Waals surface area contributed by atoms with Crippen LogP contribution in [0, 0.1) is 0 Å². The van der Waals surface area contributed by atoms with E-state index in [9.17, 15) is 0 Å². The first kappa shape index (κ1) is 23.7. The summed E-state index contributed by atoms with van der Waals surface area (Å²) in [6.07, 6.45) is 1.79. The second-order valence-corrected chi connectivity index (χ2v) is 8.05. The fourth-order valence-corrected chi connectivity index (χ4v) is 3.89. The van der Waals surface area contributed by atoms with E-state index in [1.165, 1.54) is 5.56 Å². The first-order chi connectivity index (χ1) is 15.5. The second kappa shape index (κ2) is 11.6. The van der Waals surface area contributed by atoms with E-state index >= 15 is 0 Å². The van der Waals surface area contributed by atoms with Gasteiger partial charge in [0.25, 0.3) is 0 Å². The quantitative estimate of drug-likeness (QED) is 0.370. The van der Waals surface area contributed by atoms with E-state index < -0.39 is 0 Å². The Morgan fingerprint density at radius 3 is 2.22 bits per heavy atom. The van der Waals surface area contributed by atoms with Crippen LogP contribution in [0.3, 0.4) is 0 Å². The highest BCUT2D eigenvalue weighted by Gasteiger charge is 2.22. The molecule has 0 aliphatic rings. The second-order valence-electron chi connectivity index (χ2n) is 7.62. The monoisotopic (exact) mass is 450 g/mol. The summed E-state index contributed by atoms with van der Waals surface area (Å²) in [4.78, 5) is 0. The van der Waals surface area contributed by atoms with Crippen LogP contribution >= 0.6 is 11.6 Å². The lowest BCUT2D eigenvalue weighted by Gasteiger charge is -2.28. The lowest BCUT2D eigenvalue weighted by atomic mass is 9.95. The Labute approximate surface area is 196 Å². The van der Waals surface area contributed by atoms with Crippen molar-refractivity contribution in [3.63, 3.8) is 0 Å². The van der Waals surface area contributed by atoms with E-state index in [2.05, 4.69) is 47.5 Å². The van der Waals surface area contributed by atoms with Crippen molar-refractivity contribution in [2.24, 2.45) is 0 Å². The molecule has 0 aromatic heterocycles. The largest absolute Gasteiger partial charge is 0.493 e. The number of hydrogen-bond acceptors (Lipinski definition) is 4. The molecule has 0 bridgehead atoms. The molecule has 5 heteroatoms. The summed E-state index contributed by atoms with van der Waals surface area (Å²) in [7, 11) is 5.21. The average molecular weight is 451 g/mol. The molecule has 0 aliphatic carbocycles. The van der Waals surface area contributed by atoms with Gasteiger partial charge in [-0.05, 0) is 53.8 Å². The minimum absolute atomic E-state index is 0.0514. The lowest BCUT2D eigenvalue weighted by molar-refractivity contribution is 0.353. The number of nitrogens with one attached hydrogen (secondary N) is 2. The van der Waals surface area contributed by atoms with Gasteiger partial charge >= 0.3 is 0 Å². The summed E-state index contributed by atoms with van der Waals surface area (Å²) in [6, 6.07) is 24.5. The van der Waals surface area contributed by atoms with Crippen molar-refractivity contribution in [3.05, 3.63) is 107 Å². The maximum atomic E-state index is 6.06. The van der Waals surface area contributed by atoms with E-state index in [1.54, 1.807) is 14.2 Å². The lowest BCUT2D eigenvalue weighted by Crippen LogP contribution is -2.31. The molecule has 0 heterocycles. The SMILES string of the molecule is C=C(NC)[C@H](N[C@H](CCc1ccc(Cl)cc1)c1ccc(OC)c(OC)c1)c1ccccc1. The van der Waals surface area contributed by atoms with Crippen LogP contribution in [0.25, 0.3) is 0 Å². The molecular weight excluding hydrogens is 420 g/mol. The molecule has 168 valence electrons. The molecule has 3 aromatic carbocycles. The molecule has 3 rings (SSSR count). The molecule has 0 radical (unpaired) electrons. The molecule has 0 amide bonds. The average Bonchev–Trinajstić information content (AvgIpc) is 2.85. The number of likely N-dealkylation sites (N-methyl/N-ethyl adjacent to an activating group) is 1. The molecule has 4 nitrogen and oxygen atoms in total. The van der Waals surface area contributed by atoms with Gasteiger partial charge in [0.05, 0.1) is 20.3 Å². The van der Waals surface area contributed by atoms with Gasteiger partial charge in [0, 0.05) is 23.8 Å². The van der Waals surface area contributed by atoms with Crippen LogP contribution < -0.4 is 20.1 Å². The number of hydrogen-bond donors (Lipinski definition) is 2. The van der Waals surface area contributed by atoms with Gasteiger partial charge < -0.3 is 14.8 Å². The third-order valence-electron chi connectivity index (χ3n) is 5.62. The van der Waals surface area contributed by atoms with Crippen molar-refractivity contribution in [3.8, 4) is 11.5 Å². The highest BCUT2D eigenvalue weighted by atomic mass is 35.5. The van der Waals surface area contributed by atoms with Crippen molar-refractivity contribution >= 4 is 11.6 Å². The molecule has 3 aromatic rings. The van der Waals surface area contributed by atoms with Gasteiger partial charge in [-0.2, -0.15) is 0 Å². The molecule has 0 aliphatic heterocycles. The minimum Gasteiger partial charge on any atom is -0.493 e. The van der Waals surface area contributed by atoms with Gasteiger partial charge in [-0.15, -0.1) is 0 Å². The van der Waals surface area contributed by atoms with Crippen LogP contribution in [0.5, 0.6) is 11.5 Å². The fraction of sp³-hybridized carbons (Fsp3) is 0.259. The third-order valence-corrected chi connectivity index (χ3v) is 5.87. The zero-order chi connectivity index (χ0) is 22.9. The molecule has 2 N–H and O–H groups in total. The summed E-state index contributed by atoms with van der Waals surface area (Å²) in [5.41, 5.74) is 4.43. The summed E-state index contributed by atoms with van der Waals surface area (Å²) >= 11 is 6.06. The van der Waals surface area contributed by atoms with Gasteiger partial charge in [0.15, 0.2) is 11.5 Å². The summed E-state index contributed by atoms with van der Waals surface area (Å²) in [5, 5.41) is 7.80. The van der Waals surface area contributed by atoms with Crippen molar-refractivity contribution in [1.82, 2.24) is 10.6 Å². The van der Waals surface area contributed by atoms with E-state index in [0.717, 1.165) is 34.7 Å². The van der Waals surface area contributed by atoms with Gasteiger partial charge in [-0.25, -0.2) is 0 Å². The topological polar surface area (TPSA) is 42.5 Å². The van der Waals surface area contributed by atoms with Gasteiger partial charge in [-0.3, -0.25) is 5.32 Å². The Morgan fingerprint density at radius 1 is 0.906 bits per heavy atom. The van der Waals surface area contributed by atoms with Crippen molar-refractivity contribution in [2.45, 2.75) is 24.9 Å². The zero-order valence-corrected chi connectivity index (χ0v) is 19.7. The summed E-state index contributed by atoms with van der Waals surface area (Å²) in [6.45, 7) is 4.25. The summed E-state index contributed by atoms with van der Waals surface area (Å²) < 4.78 is 11.0. The van der Waals surface area contributed by atoms with Crippen LogP contribution in [0.15, 0.2) is 85.1 Å². The molecule has 0 saturated heterocycles. The standard InChI is InChI=1S/C27H31ClN2O2/c1-19(29-2)27(21-8-6-5-7-9-21)30-24(16-12-20-10-14-23(28)15-11-20)22-13-17-25(31-3)26(18-22)32-4/h5-11,13-15,17-18,24,27,29-30H,1,12,16H2,2-4H3/t24-,27+/m1/s1. The Bertz CT molecular complexity index is 1010. The molecule has 0 saturated carbocycles. The highest BCUT2D eigenvalue weighted by Crippen LogP contribution is 2.33. The van der Waals surface area contributed by atoms with Gasteiger partial charge in [-0.1, -0.05) is 66.7 Å². The maximum absolute atomic E-state index is 6.06. The van der Waals surface area contributed by atoms with E-state index in [1.807, 2.05) is 49.5 Å². The van der Waals surface area contributed by atoms with Crippen LogP contribution in [0.4, 0.5) is 0 Å². The van der Waals surface area contributed by atoms with Crippen molar-refractivity contribution in [2.75, 3.05) is 21.3 Å². The third kappa shape index (κ3) is 6.06. The van der Waals surface area contributed by atoms with E-state index in [-0.39, 0.29) is 12.1 Å². The Hall–Kier alpha value is -2.95. The van der Waals surface area contributed by atoms with E-state index in [0.29, 0.717) is 11.5 Å². The van der Waals surface area contributed by atoms with Crippen molar-refractivity contribution < 1.29 is 9.47 Å². The first-order valence-electron chi connectivity index (χ1n) is 10.7. The Morgan fingerprint density at radius 2 is 1.59 bits per heavy atom. The molecular formula is C27H31ClN2O2. The molecule has 32 heavy (non-hydrogen) atoms. The fourth-order valence-electron chi connectivity index (χ4n) is 3.77. The minimum atomic E-state index is -0.0514. The van der Waals surface area contributed by atoms with Gasteiger partial charge in [0.1, 0.15) is 0 Å². The van der Waals surface area contributed by atoms with E-state index in [4.69, 9.17) is 21.1 Å². The van der Waals surface area contributed by atoms with Crippen LogP contribution in [0.2, 0.25) is 5.02 Å². The number of methoxy groups -OCH3 is 2. The summed E-state index contributed by atoms with van der Waals surface area (Å²) in [5.74, 6) is 1.43.